The van der Waals surface area contributed by atoms with E-state index in [1.165, 1.54) is 0 Å². The molecule has 0 aromatic heterocycles. The zero-order valence-electron chi connectivity index (χ0n) is 9.16. The summed E-state index contributed by atoms with van der Waals surface area (Å²) >= 11 is 5.95. The predicted molar refractivity (Wildman–Crippen MR) is 65.7 cm³/mol. The lowest BCUT2D eigenvalue weighted by atomic mass is 10.0. The molecular weight excluding hydrogens is 236 g/mol. The lowest BCUT2D eigenvalue weighted by molar-refractivity contribution is 0.103. The second-order valence-electron chi connectivity index (χ2n) is 3.80. The Balaban J connectivity index is 2.41. The summed E-state index contributed by atoms with van der Waals surface area (Å²) in [5.41, 5.74) is 1.29. The van der Waals surface area contributed by atoms with Crippen LogP contribution in [0.25, 0.3) is 0 Å². The van der Waals surface area contributed by atoms with Crippen LogP contribution in [0, 0.1) is 11.3 Å². The number of benzene rings is 1. The van der Waals surface area contributed by atoms with Gasteiger partial charge in [-0.05, 0) is 25.0 Å². The van der Waals surface area contributed by atoms with Gasteiger partial charge in [0.25, 0.3) is 0 Å². The van der Waals surface area contributed by atoms with Crippen LogP contribution in [0.15, 0.2) is 35.5 Å². The van der Waals surface area contributed by atoms with Gasteiger partial charge in [0.05, 0.1) is 5.02 Å². The molecule has 0 atom stereocenters. The molecule has 0 aliphatic carbocycles. The molecule has 0 radical (unpaired) electrons. The Hall–Kier alpha value is -1.79. The molecule has 1 fully saturated rings. The molecule has 0 unspecified atom stereocenters. The number of hydrogen-bond acceptors (Lipinski definition) is 3. The minimum absolute atomic E-state index is 0.176. The molecule has 1 aromatic carbocycles. The third-order valence-electron chi connectivity index (χ3n) is 2.70. The molecular formula is C13H11ClN2O. The van der Waals surface area contributed by atoms with Crippen molar-refractivity contribution in [3.05, 3.63) is 46.1 Å². The SMILES string of the molecule is N#C/C(C(=O)c1ccccc1Cl)=C1\CCCN1. The number of ketones is 1. The summed E-state index contributed by atoms with van der Waals surface area (Å²) in [7, 11) is 0. The third-order valence-corrected chi connectivity index (χ3v) is 3.03. The van der Waals surface area contributed by atoms with E-state index in [9.17, 15) is 4.79 Å². The standard InChI is InChI=1S/C13H11ClN2O/c14-11-5-2-1-4-9(11)13(17)10(8-15)12-6-3-7-16-12/h1-2,4-5,16H,3,6-7H2/b12-10-. The van der Waals surface area contributed by atoms with Crippen molar-refractivity contribution in [2.24, 2.45) is 0 Å². The number of halogens is 1. The second-order valence-corrected chi connectivity index (χ2v) is 4.21. The number of carbonyl (C=O) groups is 1. The average Bonchev–Trinajstić information content (AvgIpc) is 2.84. The van der Waals surface area contributed by atoms with Crippen molar-refractivity contribution in [3.63, 3.8) is 0 Å². The van der Waals surface area contributed by atoms with E-state index < -0.39 is 0 Å². The van der Waals surface area contributed by atoms with Gasteiger partial charge in [0, 0.05) is 17.8 Å². The molecule has 0 bridgehead atoms. The largest absolute Gasteiger partial charge is 0.387 e. The fraction of sp³-hybridized carbons (Fsp3) is 0.231. The van der Waals surface area contributed by atoms with E-state index in [1.807, 2.05) is 6.07 Å². The van der Waals surface area contributed by atoms with Gasteiger partial charge in [-0.1, -0.05) is 23.7 Å². The van der Waals surface area contributed by atoms with Gasteiger partial charge in [-0.25, -0.2) is 0 Å². The molecule has 0 spiro atoms. The summed E-state index contributed by atoms with van der Waals surface area (Å²) in [6, 6.07) is 8.76. The van der Waals surface area contributed by atoms with Gasteiger partial charge in [0.1, 0.15) is 11.6 Å². The molecule has 1 aromatic rings. The highest BCUT2D eigenvalue weighted by atomic mass is 35.5. The molecule has 1 saturated heterocycles. The lowest BCUT2D eigenvalue weighted by Gasteiger charge is -2.05. The Bertz CT molecular complexity index is 520. The number of nitrogens with zero attached hydrogens (tertiary/aromatic N) is 1. The van der Waals surface area contributed by atoms with Crippen LogP contribution < -0.4 is 5.32 Å². The molecule has 1 aliphatic rings. The van der Waals surface area contributed by atoms with E-state index in [1.54, 1.807) is 24.3 Å². The monoisotopic (exact) mass is 246 g/mol. The normalized spacial score (nSPS) is 17.2. The zero-order chi connectivity index (χ0) is 12.3. The number of hydrogen-bond donors (Lipinski definition) is 1. The lowest BCUT2D eigenvalue weighted by Crippen LogP contribution is -2.12. The maximum atomic E-state index is 12.2. The molecule has 3 nitrogen and oxygen atoms in total. The van der Waals surface area contributed by atoms with Crippen LogP contribution in [0.2, 0.25) is 5.02 Å². The van der Waals surface area contributed by atoms with Crippen LogP contribution in [-0.4, -0.2) is 12.3 Å². The minimum atomic E-state index is -0.303. The number of rotatable bonds is 2. The highest BCUT2D eigenvalue weighted by Crippen LogP contribution is 2.22. The quantitative estimate of drug-likeness (QED) is 0.496. The van der Waals surface area contributed by atoms with Gasteiger partial charge in [0.2, 0.25) is 5.78 Å². The predicted octanol–water partition coefficient (Wildman–Crippen LogP) is 2.68. The van der Waals surface area contributed by atoms with Crippen molar-refractivity contribution in [1.82, 2.24) is 5.32 Å². The third kappa shape index (κ3) is 2.32. The molecule has 1 aliphatic heterocycles. The van der Waals surface area contributed by atoms with E-state index in [2.05, 4.69) is 5.32 Å². The minimum Gasteiger partial charge on any atom is -0.387 e. The highest BCUT2D eigenvalue weighted by Gasteiger charge is 2.21. The topological polar surface area (TPSA) is 52.9 Å². The second kappa shape index (κ2) is 5.03. The van der Waals surface area contributed by atoms with E-state index in [-0.39, 0.29) is 11.4 Å². The van der Waals surface area contributed by atoms with Gasteiger partial charge < -0.3 is 5.32 Å². The van der Waals surface area contributed by atoms with Gasteiger partial charge in [-0.3, -0.25) is 4.79 Å². The number of Topliss-reactive ketones (excluding diaryl/α,β-unsaturated/α-hetero) is 1. The summed E-state index contributed by atoms with van der Waals surface area (Å²) in [5.74, 6) is -0.303. The molecule has 1 heterocycles. The smallest absolute Gasteiger partial charge is 0.206 e. The Kier molecular flexibility index (Phi) is 3.46. The number of nitriles is 1. The molecule has 2 rings (SSSR count). The Morgan fingerprint density at radius 2 is 2.18 bits per heavy atom. The summed E-state index contributed by atoms with van der Waals surface area (Å²) in [4.78, 5) is 12.2. The fourth-order valence-electron chi connectivity index (χ4n) is 1.84. The van der Waals surface area contributed by atoms with E-state index in [0.29, 0.717) is 10.6 Å². The van der Waals surface area contributed by atoms with E-state index in [4.69, 9.17) is 16.9 Å². The van der Waals surface area contributed by atoms with Crippen LogP contribution in [0.5, 0.6) is 0 Å². The average molecular weight is 247 g/mol. The first-order chi connectivity index (χ1) is 8.24. The molecule has 1 N–H and O–H groups in total. The summed E-state index contributed by atoms with van der Waals surface area (Å²) in [5, 5.41) is 12.5. The first kappa shape index (κ1) is 11.7. The van der Waals surface area contributed by atoms with Crippen LogP contribution in [0.1, 0.15) is 23.2 Å². The maximum Gasteiger partial charge on any atom is 0.206 e. The van der Waals surface area contributed by atoms with Crippen LogP contribution in [0.3, 0.4) is 0 Å². The van der Waals surface area contributed by atoms with Crippen molar-refractivity contribution in [2.75, 3.05) is 6.54 Å². The maximum absolute atomic E-state index is 12.2. The first-order valence-corrected chi connectivity index (χ1v) is 5.78. The first-order valence-electron chi connectivity index (χ1n) is 5.40. The van der Waals surface area contributed by atoms with Crippen molar-refractivity contribution in [1.29, 1.82) is 5.26 Å². The summed E-state index contributed by atoms with van der Waals surface area (Å²) in [6.45, 7) is 0.816. The Labute approximate surface area is 105 Å². The Morgan fingerprint density at radius 3 is 2.76 bits per heavy atom. The number of allylic oxidation sites excluding steroid dienone is 2. The molecule has 17 heavy (non-hydrogen) atoms. The summed E-state index contributed by atoms with van der Waals surface area (Å²) < 4.78 is 0. The van der Waals surface area contributed by atoms with Gasteiger partial charge >= 0.3 is 0 Å². The van der Waals surface area contributed by atoms with Crippen molar-refractivity contribution in [3.8, 4) is 6.07 Å². The van der Waals surface area contributed by atoms with Gasteiger partial charge in [-0.15, -0.1) is 0 Å². The number of nitrogens with one attached hydrogen (secondary N) is 1. The molecule has 4 heteroatoms. The number of carbonyl (C=O) groups excluding carboxylic acids is 1. The van der Waals surface area contributed by atoms with E-state index in [0.717, 1.165) is 25.1 Å². The molecule has 86 valence electrons. The van der Waals surface area contributed by atoms with Crippen molar-refractivity contribution >= 4 is 17.4 Å². The molecule has 0 amide bonds. The fourth-order valence-corrected chi connectivity index (χ4v) is 2.06. The summed E-state index contributed by atoms with van der Waals surface area (Å²) in [6.07, 6.45) is 1.70. The van der Waals surface area contributed by atoms with Crippen molar-refractivity contribution in [2.45, 2.75) is 12.8 Å². The van der Waals surface area contributed by atoms with Crippen molar-refractivity contribution < 1.29 is 4.79 Å². The zero-order valence-corrected chi connectivity index (χ0v) is 9.92. The van der Waals surface area contributed by atoms with Gasteiger partial charge in [-0.2, -0.15) is 5.26 Å². The van der Waals surface area contributed by atoms with Gasteiger partial charge in [0.15, 0.2) is 0 Å². The Morgan fingerprint density at radius 1 is 1.41 bits per heavy atom. The van der Waals surface area contributed by atoms with Crippen LogP contribution in [0.4, 0.5) is 0 Å². The van der Waals surface area contributed by atoms with Crippen LogP contribution in [-0.2, 0) is 0 Å². The van der Waals surface area contributed by atoms with E-state index >= 15 is 0 Å². The highest BCUT2D eigenvalue weighted by molar-refractivity contribution is 6.35. The van der Waals surface area contributed by atoms with Crippen LogP contribution >= 0.6 is 11.6 Å². The molecule has 0 saturated carbocycles.